The van der Waals surface area contributed by atoms with Crippen LogP contribution in [0.1, 0.15) is 27.4 Å². The molecule has 1 unspecified atom stereocenters. The predicted octanol–water partition coefficient (Wildman–Crippen LogP) is 5.10. The Bertz CT molecular complexity index is 1600. The molecule has 3 N–H and O–H groups in total. The lowest BCUT2D eigenvalue weighted by Crippen LogP contribution is -2.33. The highest BCUT2D eigenvalue weighted by molar-refractivity contribution is 5.94. The van der Waals surface area contributed by atoms with Gasteiger partial charge < -0.3 is 24.8 Å². The van der Waals surface area contributed by atoms with Crippen molar-refractivity contribution in [2.45, 2.75) is 5.92 Å². The molecule has 1 atom stereocenters. The molecule has 186 valence electrons. The van der Waals surface area contributed by atoms with E-state index >= 15 is 0 Å². The van der Waals surface area contributed by atoms with Crippen LogP contribution in [0.5, 0.6) is 11.5 Å². The summed E-state index contributed by atoms with van der Waals surface area (Å²) in [7, 11) is 3.19. The number of nitrogens with one attached hydrogen (secondary N) is 3. The van der Waals surface area contributed by atoms with Crippen molar-refractivity contribution in [2.75, 3.05) is 20.8 Å². The van der Waals surface area contributed by atoms with E-state index in [9.17, 15) is 9.59 Å². The van der Waals surface area contributed by atoms with Crippen LogP contribution in [0.3, 0.4) is 0 Å². The molecule has 0 aliphatic carbocycles. The maximum absolute atomic E-state index is 13.2. The smallest absolute Gasteiger partial charge is 0.261 e. The van der Waals surface area contributed by atoms with Gasteiger partial charge in [-0.2, -0.15) is 0 Å². The summed E-state index contributed by atoms with van der Waals surface area (Å²) in [6.45, 7) is 0.240. The first-order chi connectivity index (χ1) is 18.1. The number of ether oxygens (including phenoxy) is 2. The van der Waals surface area contributed by atoms with Crippen molar-refractivity contribution in [3.63, 3.8) is 0 Å². The third-order valence-electron chi connectivity index (χ3n) is 6.51. The molecule has 7 nitrogen and oxygen atoms in total. The first-order valence-corrected chi connectivity index (χ1v) is 11.9. The topological polar surface area (TPSA) is 96.2 Å². The number of pyridine rings is 1. The molecule has 0 fully saturated rings. The fraction of sp³-hybridized carbons (Fsp3) is 0.133. The number of hydrogen-bond donors (Lipinski definition) is 3. The lowest BCUT2D eigenvalue weighted by molar-refractivity contribution is 0.0951. The van der Waals surface area contributed by atoms with Gasteiger partial charge in [0.15, 0.2) is 11.5 Å². The van der Waals surface area contributed by atoms with E-state index in [2.05, 4.69) is 15.3 Å². The molecule has 0 spiro atoms. The number of carbonyl (C=O) groups is 1. The molecule has 5 aromatic rings. The van der Waals surface area contributed by atoms with Crippen molar-refractivity contribution in [3.05, 3.63) is 118 Å². The van der Waals surface area contributed by atoms with E-state index in [1.54, 1.807) is 26.4 Å². The van der Waals surface area contributed by atoms with E-state index in [4.69, 9.17) is 9.47 Å². The summed E-state index contributed by atoms with van der Waals surface area (Å²) in [4.78, 5) is 32.1. The second-order valence-electron chi connectivity index (χ2n) is 8.62. The van der Waals surface area contributed by atoms with E-state index in [1.807, 2.05) is 79.0 Å². The summed E-state index contributed by atoms with van der Waals surface area (Å²) in [5.74, 6) is 0.476. The summed E-state index contributed by atoms with van der Waals surface area (Å²) in [6, 6.07) is 26.5. The number of fused-ring (bicyclic) bond motifs is 1. The molecular formula is C30H27N3O4. The molecule has 7 heteroatoms. The summed E-state index contributed by atoms with van der Waals surface area (Å²) in [6.07, 6.45) is 1.95. The number of H-pyrrole nitrogens is 2. The number of aromatic nitrogens is 2. The Labute approximate surface area is 214 Å². The summed E-state index contributed by atoms with van der Waals surface area (Å²) >= 11 is 0. The van der Waals surface area contributed by atoms with Crippen LogP contribution >= 0.6 is 0 Å². The van der Waals surface area contributed by atoms with Crippen LogP contribution in [0.25, 0.3) is 22.2 Å². The van der Waals surface area contributed by atoms with Crippen molar-refractivity contribution in [1.29, 1.82) is 0 Å². The minimum Gasteiger partial charge on any atom is -0.493 e. The van der Waals surface area contributed by atoms with Crippen molar-refractivity contribution in [3.8, 4) is 22.8 Å². The van der Waals surface area contributed by atoms with Gasteiger partial charge in [-0.15, -0.1) is 0 Å². The van der Waals surface area contributed by atoms with Gasteiger partial charge in [-0.25, -0.2) is 0 Å². The number of rotatable bonds is 8. The standard InChI is InChI=1S/C30H27N3O4/c1-36-27-14-8-12-21(28(27)37-2)24(23-17-31-26-13-7-6-11-20(23)26)18-32-29(34)22-15-16-25(33-30(22)35)19-9-4-3-5-10-19/h3-17,24,31H,18H2,1-2H3,(H,32,34)(H,33,35). The number of amides is 1. The van der Waals surface area contributed by atoms with E-state index in [-0.39, 0.29) is 18.0 Å². The van der Waals surface area contributed by atoms with Crippen LogP contribution < -0.4 is 20.3 Å². The molecule has 2 heterocycles. The summed E-state index contributed by atoms with van der Waals surface area (Å²) < 4.78 is 11.2. The summed E-state index contributed by atoms with van der Waals surface area (Å²) in [5, 5.41) is 4.01. The normalized spacial score (nSPS) is 11.7. The van der Waals surface area contributed by atoms with Crippen molar-refractivity contribution >= 4 is 16.8 Å². The first-order valence-electron chi connectivity index (χ1n) is 11.9. The zero-order valence-electron chi connectivity index (χ0n) is 20.6. The van der Waals surface area contributed by atoms with Gasteiger partial charge in [-0.1, -0.05) is 60.7 Å². The van der Waals surface area contributed by atoms with E-state index in [0.717, 1.165) is 27.6 Å². The van der Waals surface area contributed by atoms with Crippen molar-refractivity contribution in [2.24, 2.45) is 0 Å². The Hall–Kier alpha value is -4.78. The van der Waals surface area contributed by atoms with Gasteiger partial charge in [-0.3, -0.25) is 9.59 Å². The van der Waals surface area contributed by atoms with Gasteiger partial charge in [-0.05, 0) is 35.4 Å². The zero-order chi connectivity index (χ0) is 25.8. The van der Waals surface area contributed by atoms with E-state index in [1.165, 1.54) is 0 Å². The first kappa shape index (κ1) is 23.9. The number of para-hydroxylation sites is 2. The Balaban J connectivity index is 1.48. The number of carbonyl (C=O) groups excluding carboxylic acids is 1. The number of methoxy groups -OCH3 is 2. The van der Waals surface area contributed by atoms with E-state index < -0.39 is 11.5 Å². The molecule has 5 rings (SSSR count). The lowest BCUT2D eigenvalue weighted by atomic mass is 9.89. The highest BCUT2D eigenvalue weighted by Gasteiger charge is 2.25. The molecule has 37 heavy (non-hydrogen) atoms. The maximum atomic E-state index is 13.2. The molecule has 3 aromatic carbocycles. The van der Waals surface area contributed by atoms with Crippen LogP contribution in [-0.2, 0) is 0 Å². The van der Waals surface area contributed by atoms with Gasteiger partial charge in [0.2, 0.25) is 0 Å². The third-order valence-corrected chi connectivity index (χ3v) is 6.51. The van der Waals surface area contributed by atoms with Crippen LogP contribution in [0.15, 0.2) is 95.9 Å². The van der Waals surface area contributed by atoms with Crippen LogP contribution in [0, 0.1) is 0 Å². The zero-order valence-corrected chi connectivity index (χ0v) is 20.6. The van der Waals surface area contributed by atoms with Crippen molar-refractivity contribution < 1.29 is 14.3 Å². The fourth-order valence-corrected chi connectivity index (χ4v) is 4.68. The minimum atomic E-state index is -0.451. The Morgan fingerprint density at radius 2 is 1.65 bits per heavy atom. The van der Waals surface area contributed by atoms with Crippen LogP contribution in [0.2, 0.25) is 0 Å². The summed E-state index contributed by atoms with van der Waals surface area (Å²) in [5.41, 5.74) is 3.98. The van der Waals surface area contributed by atoms with Crippen molar-refractivity contribution in [1.82, 2.24) is 15.3 Å². The molecular weight excluding hydrogens is 466 g/mol. The molecule has 0 saturated carbocycles. The molecule has 0 bridgehead atoms. The van der Waals surface area contributed by atoms with Crippen LogP contribution in [0.4, 0.5) is 0 Å². The van der Waals surface area contributed by atoms with Gasteiger partial charge in [0.1, 0.15) is 5.56 Å². The molecule has 2 aromatic heterocycles. The van der Waals surface area contributed by atoms with Gasteiger partial charge >= 0.3 is 0 Å². The van der Waals surface area contributed by atoms with Gasteiger partial charge in [0, 0.05) is 40.8 Å². The second kappa shape index (κ2) is 10.5. The van der Waals surface area contributed by atoms with Gasteiger partial charge in [0.25, 0.3) is 11.5 Å². The Kier molecular flexibility index (Phi) is 6.76. The third kappa shape index (κ3) is 4.71. The number of hydrogen-bond acceptors (Lipinski definition) is 4. The monoisotopic (exact) mass is 493 g/mol. The second-order valence-corrected chi connectivity index (χ2v) is 8.62. The minimum absolute atomic E-state index is 0.0509. The molecule has 0 radical (unpaired) electrons. The SMILES string of the molecule is COc1cccc(C(CNC(=O)c2ccc(-c3ccccc3)[nH]c2=O)c2c[nH]c3ccccc23)c1OC. The fourth-order valence-electron chi connectivity index (χ4n) is 4.68. The largest absolute Gasteiger partial charge is 0.493 e. The Morgan fingerprint density at radius 1 is 0.865 bits per heavy atom. The van der Waals surface area contributed by atoms with E-state index in [0.29, 0.717) is 17.2 Å². The average molecular weight is 494 g/mol. The average Bonchev–Trinajstić information content (AvgIpc) is 3.37. The van der Waals surface area contributed by atoms with Gasteiger partial charge in [0.05, 0.1) is 14.2 Å². The number of benzene rings is 3. The lowest BCUT2D eigenvalue weighted by Gasteiger charge is -2.22. The molecule has 0 aliphatic rings. The van der Waals surface area contributed by atoms with Crippen LogP contribution in [-0.4, -0.2) is 36.6 Å². The predicted molar refractivity (Wildman–Crippen MR) is 145 cm³/mol. The number of aromatic amines is 2. The highest BCUT2D eigenvalue weighted by Crippen LogP contribution is 2.40. The Morgan fingerprint density at radius 3 is 2.41 bits per heavy atom. The molecule has 1 amide bonds. The molecule has 0 saturated heterocycles. The quantitative estimate of drug-likeness (QED) is 0.280. The molecule has 0 aliphatic heterocycles. The highest BCUT2D eigenvalue weighted by atomic mass is 16.5. The maximum Gasteiger partial charge on any atom is 0.261 e.